The van der Waals surface area contributed by atoms with Crippen LogP contribution in [-0.2, 0) is 11.3 Å². The van der Waals surface area contributed by atoms with Crippen molar-refractivity contribution < 1.29 is 9.55 Å². The van der Waals surface area contributed by atoms with Crippen molar-refractivity contribution in [1.82, 2.24) is 4.57 Å². The molecule has 7 heteroatoms. The summed E-state index contributed by atoms with van der Waals surface area (Å²) in [6, 6.07) is 1.81. The highest BCUT2D eigenvalue weighted by atomic mass is 35.5. The number of nitrogens with one attached hydrogen (secondary N) is 1. The van der Waals surface area contributed by atoms with E-state index < -0.39 is 6.04 Å². The number of piperidine rings is 1. The SMILES string of the molecule is CCn1cc(NC(=O)C2CCC(Cl)C(C)[N+]2=O)ccc1=O. The van der Waals surface area contributed by atoms with E-state index in [0.717, 1.165) is 4.76 Å². The zero-order chi connectivity index (χ0) is 15.6. The fourth-order valence-corrected chi connectivity index (χ4v) is 2.69. The van der Waals surface area contributed by atoms with E-state index in [4.69, 9.17) is 11.6 Å². The Labute approximate surface area is 127 Å². The van der Waals surface area contributed by atoms with Crippen LogP contribution in [-0.4, -0.2) is 32.7 Å². The molecule has 3 atom stereocenters. The van der Waals surface area contributed by atoms with Crippen LogP contribution in [0.3, 0.4) is 0 Å². The molecule has 6 nitrogen and oxygen atoms in total. The maximum Gasteiger partial charge on any atom is 0.297 e. The summed E-state index contributed by atoms with van der Waals surface area (Å²) in [6.07, 6.45) is 2.64. The lowest BCUT2D eigenvalue weighted by Crippen LogP contribution is -2.48. The molecule has 114 valence electrons. The number of hydrogen-bond acceptors (Lipinski definition) is 3. The van der Waals surface area contributed by atoms with E-state index in [1.54, 1.807) is 13.1 Å². The zero-order valence-electron chi connectivity index (χ0n) is 12.1. The first-order valence-corrected chi connectivity index (χ1v) is 7.48. The van der Waals surface area contributed by atoms with Crippen LogP contribution in [0.15, 0.2) is 23.1 Å². The van der Waals surface area contributed by atoms with Gasteiger partial charge in [-0.05, 0) is 19.4 Å². The van der Waals surface area contributed by atoms with Crippen molar-refractivity contribution in [2.45, 2.75) is 50.7 Å². The number of pyridine rings is 1. The third-order valence-electron chi connectivity index (χ3n) is 3.84. The topological polar surface area (TPSA) is 71.2 Å². The van der Waals surface area contributed by atoms with Crippen LogP contribution < -0.4 is 10.9 Å². The lowest BCUT2D eigenvalue weighted by Gasteiger charge is -2.22. The fourth-order valence-electron chi connectivity index (χ4n) is 2.45. The summed E-state index contributed by atoms with van der Waals surface area (Å²) in [4.78, 5) is 35.8. The smallest absolute Gasteiger partial charge is 0.297 e. The number of amides is 1. The molecule has 1 fully saturated rings. The molecule has 1 aliphatic heterocycles. The average Bonchev–Trinajstić information content (AvgIpc) is 2.46. The van der Waals surface area contributed by atoms with Crippen molar-refractivity contribution in [3.63, 3.8) is 0 Å². The minimum Gasteiger partial charge on any atom is -0.319 e. The summed E-state index contributed by atoms with van der Waals surface area (Å²) >= 11 is 6.04. The van der Waals surface area contributed by atoms with Gasteiger partial charge in [0.1, 0.15) is 0 Å². The van der Waals surface area contributed by atoms with Gasteiger partial charge in [-0.25, -0.2) is 0 Å². The van der Waals surface area contributed by atoms with Crippen LogP contribution in [0.2, 0.25) is 0 Å². The van der Waals surface area contributed by atoms with E-state index in [-0.39, 0.29) is 22.9 Å². The van der Waals surface area contributed by atoms with Gasteiger partial charge in [-0.2, -0.15) is 0 Å². The van der Waals surface area contributed by atoms with Gasteiger partial charge in [-0.15, -0.1) is 11.6 Å². The number of nitroso groups, excluding NO2 is 1. The minimum atomic E-state index is -0.739. The van der Waals surface area contributed by atoms with Crippen molar-refractivity contribution in [2.24, 2.45) is 0 Å². The zero-order valence-corrected chi connectivity index (χ0v) is 12.8. The van der Waals surface area contributed by atoms with Crippen molar-refractivity contribution >= 4 is 23.2 Å². The van der Waals surface area contributed by atoms with Gasteiger partial charge in [-0.1, -0.05) is 0 Å². The van der Waals surface area contributed by atoms with Crippen molar-refractivity contribution in [3.05, 3.63) is 33.6 Å². The number of carbonyl (C=O) groups excluding carboxylic acids is 1. The van der Waals surface area contributed by atoms with E-state index >= 15 is 0 Å². The number of carbonyl (C=O) groups is 1. The Bertz CT molecular complexity index is 614. The Hall–Kier alpha value is -1.69. The number of alkyl halides is 1. The molecule has 0 radical (unpaired) electrons. The van der Waals surface area contributed by atoms with Crippen LogP contribution in [0.5, 0.6) is 0 Å². The van der Waals surface area contributed by atoms with Crippen molar-refractivity contribution in [1.29, 1.82) is 0 Å². The van der Waals surface area contributed by atoms with Crippen LogP contribution in [0, 0.1) is 4.91 Å². The molecule has 1 aromatic rings. The molecule has 0 aromatic carbocycles. The summed E-state index contributed by atoms with van der Waals surface area (Å²) in [7, 11) is 0. The van der Waals surface area contributed by atoms with Crippen LogP contribution in [0.1, 0.15) is 26.7 Å². The first-order chi connectivity index (χ1) is 9.93. The second kappa shape index (κ2) is 6.39. The first kappa shape index (κ1) is 15.7. The number of hydrogen-bond donors (Lipinski definition) is 1. The van der Waals surface area contributed by atoms with Gasteiger partial charge in [0.25, 0.3) is 17.5 Å². The Kier molecular flexibility index (Phi) is 4.77. The largest absolute Gasteiger partial charge is 0.319 e. The molecule has 1 aromatic heterocycles. The Morgan fingerprint density at radius 1 is 1.48 bits per heavy atom. The third kappa shape index (κ3) is 3.32. The molecule has 0 spiro atoms. The lowest BCUT2D eigenvalue weighted by molar-refractivity contribution is -0.612. The highest BCUT2D eigenvalue weighted by Gasteiger charge is 2.45. The second-order valence-corrected chi connectivity index (χ2v) is 5.80. The molecule has 21 heavy (non-hydrogen) atoms. The highest BCUT2D eigenvalue weighted by molar-refractivity contribution is 6.21. The summed E-state index contributed by atoms with van der Waals surface area (Å²) in [5, 5.41) is 2.47. The molecule has 1 amide bonds. The summed E-state index contributed by atoms with van der Waals surface area (Å²) in [5.74, 6) is -0.360. The number of halogens is 1. The summed E-state index contributed by atoms with van der Waals surface area (Å²) in [6.45, 7) is 4.09. The van der Waals surface area contributed by atoms with E-state index in [1.807, 2.05) is 6.92 Å². The molecule has 0 aliphatic carbocycles. The van der Waals surface area contributed by atoms with Crippen LogP contribution >= 0.6 is 11.6 Å². The van der Waals surface area contributed by atoms with Gasteiger partial charge in [0.05, 0.1) is 11.1 Å². The molecule has 0 bridgehead atoms. The van der Waals surface area contributed by atoms with Crippen molar-refractivity contribution in [2.75, 3.05) is 5.32 Å². The number of aromatic nitrogens is 1. The van der Waals surface area contributed by atoms with Gasteiger partial charge < -0.3 is 9.88 Å². The van der Waals surface area contributed by atoms with E-state index in [9.17, 15) is 14.5 Å². The molecule has 2 rings (SSSR count). The number of anilines is 1. The van der Waals surface area contributed by atoms with E-state index in [2.05, 4.69) is 5.32 Å². The number of aryl methyl sites for hydroxylation is 1. The van der Waals surface area contributed by atoms with E-state index in [1.165, 1.54) is 16.7 Å². The standard InChI is InChI=1S/C14H18ClN3O3/c1-3-17-8-10(4-7-13(17)19)16-14(20)12-6-5-11(15)9(2)18(12)21/h4,7-9,11-12H,3,5-6H2,1-2H3/p+1. The quantitative estimate of drug-likeness (QED) is 0.682. The predicted octanol–water partition coefficient (Wildman–Crippen LogP) is 1.74. The normalized spacial score (nSPS) is 25.7. The molecular formula is C14H19ClN3O3+. The molecule has 0 saturated carbocycles. The first-order valence-electron chi connectivity index (χ1n) is 7.05. The second-order valence-electron chi connectivity index (χ2n) is 5.24. The van der Waals surface area contributed by atoms with Gasteiger partial charge in [0.2, 0.25) is 6.04 Å². The molecular weight excluding hydrogens is 294 g/mol. The predicted molar refractivity (Wildman–Crippen MR) is 80.8 cm³/mol. The number of nitrogens with zero attached hydrogens (tertiary/aromatic N) is 2. The van der Waals surface area contributed by atoms with Gasteiger partial charge in [0, 0.05) is 41.8 Å². The molecule has 2 heterocycles. The Balaban J connectivity index is 2.11. The Morgan fingerprint density at radius 2 is 2.19 bits per heavy atom. The van der Waals surface area contributed by atoms with Crippen molar-refractivity contribution in [3.8, 4) is 0 Å². The van der Waals surface area contributed by atoms with Gasteiger partial charge >= 0.3 is 0 Å². The minimum absolute atomic E-state index is 0.128. The summed E-state index contributed by atoms with van der Waals surface area (Å²) in [5.41, 5.74) is 0.382. The lowest BCUT2D eigenvalue weighted by atomic mass is 9.98. The summed E-state index contributed by atoms with van der Waals surface area (Å²) < 4.78 is 2.26. The highest BCUT2D eigenvalue weighted by Crippen LogP contribution is 2.24. The monoisotopic (exact) mass is 312 g/mol. The number of rotatable bonds is 3. The molecule has 3 unspecified atom stereocenters. The average molecular weight is 313 g/mol. The fraction of sp³-hybridized carbons (Fsp3) is 0.571. The Morgan fingerprint density at radius 3 is 2.86 bits per heavy atom. The maximum absolute atomic E-state index is 12.2. The van der Waals surface area contributed by atoms with Crippen LogP contribution in [0.4, 0.5) is 5.69 Å². The van der Waals surface area contributed by atoms with Gasteiger partial charge in [0.15, 0.2) is 0 Å². The van der Waals surface area contributed by atoms with Gasteiger partial charge in [-0.3, -0.25) is 9.59 Å². The maximum atomic E-state index is 12.2. The molecule has 1 saturated heterocycles. The third-order valence-corrected chi connectivity index (χ3v) is 4.43. The van der Waals surface area contributed by atoms with Crippen LogP contribution in [0.25, 0.3) is 0 Å². The van der Waals surface area contributed by atoms with E-state index in [0.29, 0.717) is 25.1 Å². The molecule has 1 N–H and O–H groups in total. The molecule has 1 aliphatic rings.